The van der Waals surface area contributed by atoms with Crippen LogP contribution in [0.1, 0.15) is 32.3 Å². The zero-order valence-electron chi connectivity index (χ0n) is 10.9. The molecule has 17 heavy (non-hydrogen) atoms. The average molecular weight is 256 g/mol. The van der Waals surface area contributed by atoms with E-state index in [1.807, 2.05) is 18.2 Å². The number of hydrogen-bond acceptors (Lipinski definition) is 2. The Morgan fingerprint density at radius 1 is 1.29 bits per heavy atom. The number of ether oxygens (including phenoxy) is 1. The van der Waals surface area contributed by atoms with Crippen LogP contribution >= 0.6 is 11.6 Å². The quantitative estimate of drug-likeness (QED) is 0.842. The molecule has 1 rings (SSSR count). The van der Waals surface area contributed by atoms with Gasteiger partial charge >= 0.3 is 0 Å². The molecule has 0 bridgehead atoms. The van der Waals surface area contributed by atoms with Crippen LogP contribution in [-0.2, 0) is 6.42 Å². The number of methoxy groups -OCH3 is 1. The summed E-state index contributed by atoms with van der Waals surface area (Å²) >= 11 is 6.01. The molecule has 0 spiro atoms. The van der Waals surface area contributed by atoms with Gasteiger partial charge in [0.2, 0.25) is 0 Å². The van der Waals surface area contributed by atoms with E-state index < -0.39 is 0 Å². The van der Waals surface area contributed by atoms with Gasteiger partial charge in [-0.2, -0.15) is 0 Å². The van der Waals surface area contributed by atoms with Gasteiger partial charge in [-0.3, -0.25) is 0 Å². The van der Waals surface area contributed by atoms with Gasteiger partial charge in [-0.1, -0.05) is 38.3 Å². The Morgan fingerprint density at radius 2 is 1.94 bits per heavy atom. The summed E-state index contributed by atoms with van der Waals surface area (Å²) in [4.78, 5) is 0. The Kier molecular flexibility index (Phi) is 5.79. The maximum Gasteiger partial charge on any atom is 0.122 e. The highest BCUT2D eigenvalue weighted by Gasteiger charge is 2.16. The second-order valence-corrected chi connectivity index (χ2v) is 4.84. The molecular formula is C14H22ClNO. The van der Waals surface area contributed by atoms with Crippen molar-refractivity contribution in [3.8, 4) is 5.75 Å². The van der Waals surface area contributed by atoms with Crippen molar-refractivity contribution in [2.24, 2.45) is 11.7 Å². The van der Waals surface area contributed by atoms with E-state index in [4.69, 9.17) is 22.1 Å². The van der Waals surface area contributed by atoms with Crippen LogP contribution in [-0.4, -0.2) is 13.2 Å². The highest BCUT2D eigenvalue weighted by Crippen LogP contribution is 2.25. The van der Waals surface area contributed by atoms with Gasteiger partial charge in [-0.05, 0) is 36.1 Å². The lowest BCUT2D eigenvalue weighted by molar-refractivity contribution is 0.378. The van der Waals surface area contributed by atoms with Gasteiger partial charge < -0.3 is 10.5 Å². The summed E-state index contributed by atoms with van der Waals surface area (Å²) in [5.41, 5.74) is 7.34. The van der Waals surface area contributed by atoms with Gasteiger partial charge in [-0.25, -0.2) is 0 Å². The standard InChI is InChI=1S/C14H22ClNO/c1-4-10(5-2)13(16)9-11-8-12(15)6-7-14(11)17-3/h6-8,10,13H,4-5,9,16H2,1-3H3. The summed E-state index contributed by atoms with van der Waals surface area (Å²) in [5, 5.41) is 0.734. The third-order valence-corrected chi connectivity index (χ3v) is 3.59. The van der Waals surface area contributed by atoms with Gasteiger partial charge in [0, 0.05) is 11.1 Å². The first kappa shape index (κ1) is 14.3. The predicted octanol–water partition coefficient (Wildman–Crippen LogP) is 3.65. The third-order valence-electron chi connectivity index (χ3n) is 3.35. The largest absolute Gasteiger partial charge is 0.496 e. The number of nitrogens with two attached hydrogens (primary N) is 1. The maximum absolute atomic E-state index is 6.25. The van der Waals surface area contributed by atoms with E-state index in [1.165, 1.54) is 0 Å². The minimum atomic E-state index is 0.164. The molecule has 2 nitrogen and oxygen atoms in total. The molecule has 2 N–H and O–H groups in total. The van der Waals surface area contributed by atoms with Crippen LogP contribution in [0.4, 0.5) is 0 Å². The molecule has 0 aliphatic rings. The Morgan fingerprint density at radius 3 is 2.47 bits per heavy atom. The van der Waals surface area contributed by atoms with E-state index in [2.05, 4.69) is 13.8 Å². The van der Waals surface area contributed by atoms with Gasteiger partial charge in [0.1, 0.15) is 5.75 Å². The summed E-state index contributed by atoms with van der Waals surface area (Å²) in [6.45, 7) is 4.37. The molecule has 0 aliphatic carbocycles. The Balaban J connectivity index is 2.82. The first-order chi connectivity index (χ1) is 8.12. The van der Waals surface area contributed by atoms with Crippen molar-refractivity contribution >= 4 is 11.6 Å². The van der Waals surface area contributed by atoms with E-state index in [-0.39, 0.29) is 6.04 Å². The van der Waals surface area contributed by atoms with Crippen LogP contribution in [0.15, 0.2) is 18.2 Å². The molecule has 0 saturated heterocycles. The highest BCUT2D eigenvalue weighted by molar-refractivity contribution is 6.30. The minimum absolute atomic E-state index is 0.164. The molecule has 0 radical (unpaired) electrons. The second-order valence-electron chi connectivity index (χ2n) is 4.40. The van der Waals surface area contributed by atoms with Crippen molar-refractivity contribution in [3.05, 3.63) is 28.8 Å². The molecular weight excluding hydrogens is 234 g/mol. The normalized spacial score (nSPS) is 12.8. The van der Waals surface area contributed by atoms with Crippen molar-refractivity contribution in [1.82, 2.24) is 0 Å². The van der Waals surface area contributed by atoms with Crippen LogP contribution in [0.3, 0.4) is 0 Å². The topological polar surface area (TPSA) is 35.2 Å². The van der Waals surface area contributed by atoms with Gasteiger partial charge in [0.05, 0.1) is 7.11 Å². The second kappa shape index (κ2) is 6.87. The summed E-state index contributed by atoms with van der Waals surface area (Å²) < 4.78 is 5.33. The number of benzene rings is 1. The van der Waals surface area contributed by atoms with Crippen LogP contribution in [0, 0.1) is 5.92 Å². The van der Waals surface area contributed by atoms with Crippen molar-refractivity contribution in [2.45, 2.75) is 39.2 Å². The molecule has 1 aromatic carbocycles. The molecule has 0 saturated carbocycles. The van der Waals surface area contributed by atoms with E-state index >= 15 is 0 Å². The fourth-order valence-corrected chi connectivity index (χ4v) is 2.42. The van der Waals surface area contributed by atoms with E-state index in [0.29, 0.717) is 5.92 Å². The zero-order valence-corrected chi connectivity index (χ0v) is 11.6. The monoisotopic (exact) mass is 255 g/mol. The third kappa shape index (κ3) is 3.90. The summed E-state index contributed by atoms with van der Waals surface area (Å²) in [6, 6.07) is 5.85. The predicted molar refractivity (Wildman–Crippen MR) is 73.8 cm³/mol. The Labute approximate surface area is 109 Å². The summed E-state index contributed by atoms with van der Waals surface area (Å²) in [6.07, 6.45) is 3.04. The van der Waals surface area contributed by atoms with Crippen LogP contribution in [0.5, 0.6) is 5.75 Å². The van der Waals surface area contributed by atoms with E-state index in [0.717, 1.165) is 35.6 Å². The molecule has 1 aromatic rings. The maximum atomic E-state index is 6.25. The fraction of sp³-hybridized carbons (Fsp3) is 0.571. The van der Waals surface area contributed by atoms with E-state index in [9.17, 15) is 0 Å². The Bertz CT molecular complexity index is 350. The average Bonchev–Trinajstić information content (AvgIpc) is 2.31. The smallest absolute Gasteiger partial charge is 0.122 e. The van der Waals surface area contributed by atoms with Crippen molar-refractivity contribution in [2.75, 3.05) is 7.11 Å². The lowest BCUT2D eigenvalue weighted by atomic mass is 9.90. The summed E-state index contributed by atoms with van der Waals surface area (Å²) in [5.74, 6) is 1.43. The molecule has 1 atom stereocenters. The van der Waals surface area contributed by atoms with Crippen molar-refractivity contribution < 1.29 is 4.74 Å². The van der Waals surface area contributed by atoms with Crippen LogP contribution in [0.25, 0.3) is 0 Å². The van der Waals surface area contributed by atoms with Gasteiger partial charge in [0.25, 0.3) is 0 Å². The molecule has 0 aromatic heterocycles. The molecule has 0 amide bonds. The SMILES string of the molecule is CCC(CC)C(N)Cc1cc(Cl)ccc1OC. The first-order valence-electron chi connectivity index (χ1n) is 6.20. The van der Waals surface area contributed by atoms with Gasteiger partial charge in [-0.15, -0.1) is 0 Å². The number of halogens is 1. The molecule has 1 unspecified atom stereocenters. The fourth-order valence-electron chi connectivity index (χ4n) is 2.22. The molecule has 3 heteroatoms. The number of hydrogen-bond donors (Lipinski definition) is 1. The minimum Gasteiger partial charge on any atom is -0.496 e. The molecule has 0 heterocycles. The highest BCUT2D eigenvalue weighted by atomic mass is 35.5. The summed E-state index contributed by atoms with van der Waals surface area (Å²) in [7, 11) is 1.68. The van der Waals surface area contributed by atoms with Crippen molar-refractivity contribution in [1.29, 1.82) is 0 Å². The molecule has 0 aliphatic heterocycles. The molecule has 0 fully saturated rings. The first-order valence-corrected chi connectivity index (χ1v) is 6.58. The van der Waals surface area contributed by atoms with E-state index in [1.54, 1.807) is 7.11 Å². The zero-order chi connectivity index (χ0) is 12.8. The van der Waals surface area contributed by atoms with Gasteiger partial charge in [0.15, 0.2) is 0 Å². The van der Waals surface area contributed by atoms with Crippen LogP contribution < -0.4 is 10.5 Å². The van der Waals surface area contributed by atoms with Crippen molar-refractivity contribution in [3.63, 3.8) is 0 Å². The Hall–Kier alpha value is -0.730. The van der Waals surface area contributed by atoms with Crippen LogP contribution in [0.2, 0.25) is 5.02 Å². The lowest BCUT2D eigenvalue weighted by Gasteiger charge is -2.22. The molecule has 96 valence electrons. The lowest BCUT2D eigenvalue weighted by Crippen LogP contribution is -2.31. The number of rotatable bonds is 6.